The van der Waals surface area contributed by atoms with E-state index in [4.69, 9.17) is 5.73 Å². The van der Waals surface area contributed by atoms with Crippen molar-refractivity contribution in [3.05, 3.63) is 35.4 Å². The molecule has 0 unspecified atom stereocenters. The van der Waals surface area contributed by atoms with Crippen LogP contribution in [-0.4, -0.2) is 6.67 Å². The Morgan fingerprint density at radius 2 is 1.60 bits per heavy atom. The van der Waals surface area contributed by atoms with Gasteiger partial charge in [0.15, 0.2) is 0 Å². The van der Waals surface area contributed by atoms with E-state index >= 15 is 0 Å². The minimum atomic E-state index is -4.36. The molecule has 0 aromatic heterocycles. The number of nitrogens with two attached hydrogens (primary N) is 1. The highest BCUT2D eigenvalue weighted by Crippen LogP contribution is 2.29. The first-order valence-electron chi connectivity index (χ1n) is 3.94. The lowest BCUT2D eigenvalue weighted by Crippen LogP contribution is -2.12. The molecule has 0 amide bonds. The van der Waals surface area contributed by atoms with Crippen molar-refractivity contribution in [3.63, 3.8) is 0 Å². The van der Waals surface area contributed by atoms with Crippen LogP contribution in [0.5, 0.6) is 0 Å². The molecule has 0 aliphatic carbocycles. The second-order valence-electron chi connectivity index (χ2n) is 2.88. The number of halogens is 5. The van der Waals surface area contributed by atoms with Crippen LogP contribution in [0.1, 0.15) is 17.2 Å². The molecule has 86 valence electrons. The summed E-state index contributed by atoms with van der Waals surface area (Å²) in [6.07, 6.45) is -4.36. The highest BCUT2D eigenvalue weighted by atomic mass is 35.5. The fourth-order valence-corrected chi connectivity index (χ4v) is 1.01. The molecule has 15 heavy (non-hydrogen) atoms. The first-order chi connectivity index (χ1) is 6.45. The molecule has 1 aromatic carbocycles. The second kappa shape index (κ2) is 5.32. The number of alkyl halides is 4. The van der Waals surface area contributed by atoms with Crippen molar-refractivity contribution in [2.45, 2.75) is 12.2 Å². The van der Waals surface area contributed by atoms with E-state index in [-0.39, 0.29) is 12.4 Å². The lowest BCUT2D eigenvalue weighted by atomic mass is 10.1. The van der Waals surface area contributed by atoms with Crippen LogP contribution in [0.4, 0.5) is 17.6 Å². The lowest BCUT2D eigenvalue weighted by Gasteiger charge is -2.10. The maximum Gasteiger partial charge on any atom is 0.416 e. The van der Waals surface area contributed by atoms with E-state index in [0.717, 1.165) is 12.1 Å². The van der Waals surface area contributed by atoms with Crippen molar-refractivity contribution in [1.82, 2.24) is 0 Å². The lowest BCUT2D eigenvalue weighted by molar-refractivity contribution is -0.137. The molecule has 0 saturated carbocycles. The molecule has 0 fully saturated rings. The Labute approximate surface area is 90.7 Å². The Morgan fingerprint density at radius 3 is 1.93 bits per heavy atom. The van der Waals surface area contributed by atoms with Gasteiger partial charge in [-0.2, -0.15) is 13.2 Å². The molecular formula is C9H10ClF4N. The monoisotopic (exact) mass is 243 g/mol. The number of hydrogen-bond acceptors (Lipinski definition) is 1. The number of benzene rings is 1. The van der Waals surface area contributed by atoms with Crippen molar-refractivity contribution >= 4 is 12.4 Å². The van der Waals surface area contributed by atoms with Gasteiger partial charge in [-0.1, -0.05) is 12.1 Å². The fraction of sp³-hybridized carbons (Fsp3) is 0.333. The SMILES string of the molecule is Cl.N[C@H](CF)c1ccc(C(F)(F)F)cc1. The van der Waals surface area contributed by atoms with Gasteiger partial charge in [0.25, 0.3) is 0 Å². The van der Waals surface area contributed by atoms with Gasteiger partial charge < -0.3 is 5.73 Å². The highest BCUT2D eigenvalue weighted by Gasteiger charge is 2.30. The van der Waals surface area contributed by atoms with E-state index < -0.39 is 24.5 Å². The van der Waals surface area contributed by atoms with Crippen molar-refractivity contribution in [2.24, 2.45) is 5.73 Å². The number of rotatable bonds is 2. The molecule has 0 aliphatic heterocycles. The minimum Gasteiger partial charge on any atom is -0.322 e. The van der Waals surface area contributed by atoms with Gasteiger partial charge in [0.05, 0.1) is 11.6 Å². The minimum absolute atomic E-state index is 0. The van der Waals surface area contributed by atoms with Crippen LogP contribution < -0.4 is 5.73 Å². The van der Waals surface area contributed by atoms with Gasteiger partial charge in [0.1, 0.15) is 6.67 Å². The molecule has 1 atom stereocenters. The Hall–Kier alpha value is -0.810. The summed E-state index contributed by atoms with van der Waals surface area (Å²) >= 11 is 0. The zero-order valence-corrected chi connectivity index (χ0v) is 8.41. The van der Waals surface area contributed by atoms with Crippen LogP contribution in [0.15, 0.2) is 24.3 Å². The Morgan fingerprint density at radius 1 is 1.13 bits per heavy atom. The summed E-state index contributed by atoms with van der Waals surface area (Å²) in [6.45, 7) is -0.786. The van der Waals surface area contributed by atoms with Gasteiger partial charge in [-0.25, -0.2) is 4.39 Å². The zero-order chi connectivity index (χ0) is 10.8. The fourth-order valence-electron chi connectivity index (χ4n) is 1.01. The molecule has 1 rings (SSSR count). The molecule has 0 bridgehead atoms. The molecule has 0 saturated heterocycles. The Kier molecular flexibility index (Phi) is 5.03. The third-order valence-electron chi connectivity index (χ3n) is 1.83. The Bertz CT molecular complexity index is 296. The van der Waals surface area contributed by atoms with Crippen LogP contribution in [-0.2, 0) is 6.18 Å². The van der Waals surface area contributed by atoms with Gasteiger partial charge >= 0.3 is 6.18 Å². The van der Waals surface area contributed by atoms with Gasteiger partial charge in [0.2, 0.25) is 0 Å². The van der Waals surface area contributed by atoms with Crippen molar-refractivity contribution < 1.29 is 17.6 Å². The summed E-state index contributed by atoms with van der Waals surface area (Å²) in [4.78, 5) is 0. The Balaban J connectivity index is 0.00000196. The maximum absolute atomic E-state index is 12.1. The molecule has 6 heteroatoms. The molecule has 0 spiro atoms. The van der Waals surface area contributed by atoms with E-state index in [2.05, 4.69) is 0 Å². The quantitative estimate of drug-likeness (QED) is 0.794. The van der Waals surface area contributed by atoms with Crippen LogP contribution in [0.25, 0.3) is 0 Å². The normalized spacial score (nSPS) is 13.1. The van der Waals surface area contributed by atoms with E-state index in [1.807, 2.05) is 0 Å². The standard InChI is InChI=1S/C9H9F4N.ClH/c10-5-8(14)6-1-3-7(4-2-6)9(11,12)13;/h1-4,8H,5,14H2;1H/t8-;/m1./s1. The summed E-state index contributed by atoms with van der Waals surface area (Å²) in [6, 6.07) is 3.31. The third-order valence-corrected chi connectivity index (χ3v) is 1.83. The smallest absolute Gasteiger partial charge is 0.322 e. The summed E-state index contributed by atoms with van der Waals surface area (Å²) < 4.78 is 48.4. The van der Waals surface area contributed by atoms with Crippen molar-refractivity contribution in [2.75, 3.05) is 6.67 Å². The van der Waals surface area contributed by atoms with E-state index in [1.54, 1.807) is 0 Å². The summed E-state index contributed by atoms with van der Waals surface area (Å²) in [7, 11) is 0. The van der Waals surface area contributed by atoms with Gasteiger partial charge in [-0.15, -0.1) is 12.4 Å². The predicted molar refractivity (Wildman–Crippen MR) is 51.6 cm³/mol. The van der Waals surface area contributed by atoms with E-state index in [0.29, 0.717) is 5.56 Å². The van der Waals surface area contributed by atoms with Crippen molar-refractivity contribution in [3.8, 4) is 0 Å². The van der Waals surface area contributed by atoms with Gasteiger partial charge in [0, 0.05) is 0 Å². The van der Waals surface area contributed by atoms with Gasteiger partial charge in [-0.05, 0) is 17.7 Å². The second-order valence-corrected chi connectivity index (χ2v) is 2.88. The van der Waals surface area contributed by atoms with Crippen LogP contribution in [0.3, 0.4) is 0 Å². The molecular weight excluding hydrogens is 234 g/mol. The highest BCUT2D eigenvalue weighted by molar-refractivity contribution is 5.85. The van der Waals surface area contributed by atoms with Crippen LogP contribution >= 0.6 is 12.4 Å². The topological polar surface area (TPSA) is 26.0 Å². The largest absolute Gasteiger partial charge is 0.416 e. The summed E-state index contributed by atoms with van der Waals surface area (Å²) in [5, 5.41) is 0. The molecule has 0 aliphatic rings. The molecule has 1 nitrogen and oxygen atoms in total. The average Bonchev–Trinajstić information content (AvgIpc) is 2.15. The van der Waals surface area contributed by atoms with Crippen LogP contribution in [0.2, 0.25) is 0 Å². The first kappa shape index (κ1) is 14.2. The summed E-state index contributed by atoms with van der Waals surface area (Å²) in [5.74, 6) is 0. The summed E-state index contributed by atoms with van der Waals surface area (Å²) in [5.41, 5.74) is 4.90. The maximum atomic E-state index is 12.1. The average molecular weight is 244 g/mol. The molecule has 0 heterocycles. The van der Waals surface area contributed by atoms with Crippen LogP contribution in [0, 0.1) is 0 Å². The predicted octanol–water partition coefficient (Wildman–Crippen LogP) is 3.10. The molecule has 1 aromatic rings. The zero-order valence-electron chi connectivity index (χ0n) is 7.59. The third kappa shape index (κ3) is 3.68. The van der Waals surface area contributed by atoms with Crippen molar-refractivity contribution in [1.29, 1.82) is 0 Å². The van der Waals surface area contributed by atoms with E-state index in [9.17, 15) is 17.6 Å². The first-order valence-corrected chi connectivity index (χ1v) is 3.94. The number of hydrogen-bond donors (Lipinski definition) is 1. The van der Waals surface area contributed by atoms with E-state index in [1.165, 1.54) is 12.1 Å². The van der Waals surface area contributed by atoms with Gasteiger partial charge in [-0.3, -0.25) is 0 Å². The molecule has 0 radical (unpaired) electrons. The molecule has 2 N–H and O–H groups in total.